The smallest absolute Gasteiger partial charge is 0.222 e. The van der Waals surface area contributed by atoms with Gasteiger partial charge >= 0.3 is 0 Å². The number of hydrogen-bond donors (Lipinski definition) is 2. The lowest BCUT2D eigenvalue weighted by Gasteiger charge is -2.32. The van der Waals surface area contributed by atoms with Gasteiger partial charge in [0, 0.05) is 19.6 Å². The van der Waals surface area contributed by atoms with Crippen LogP contribution in [0.25, 0.3) is 6.08 Å². The summed E-state index contributed by atoms with van der Waals surface area (Å²) in [6.07, 6.45) is 9.21. The van der Waals surface area contributed by atoms with Crippen LogP contribution in [0.3, 0.4) is 0 Å². The molecular weight excluding hydrogens is 304 g/mol. The quantitative estimate of drug-likeness (QED) is 0.852. The Kier molecular flexibility index (Phi) is 5.15. The molecule has 0 unspecified atom stereocenters. The monoisotopic (exact) mass is 326 g/mol. The second-order valence-corrected chi connectivity index (χ2v) is 5.89. The second-order valence-electron chi connectivity index (χ2n) is 5.89. The Balaban J connectivity index is 1.52. The first-order chi connectivity index (χ1) is 11.7. The zero-order valence-corrected chi connectivity index (χ0v) is 13.5. The first-order valence-corrected chi connectivity index (χ1v) is 8.16. The molecule has 1 saturated heterocycles. The highest BCUT2D eigenvalue weighted by atomic mass is 16.3. The van der Waals surface area contributed by atoms with Crippen LogP contribution in [-0.4, -0.2) is 30.5 Å². The van der Waals surface area contributed by atoms with Crippen molar-refractivity contribution in [2.24, 2.45) is 11.7 Å². The van der Waals surface area contributed by atoms with E-state index in [1.165, 1.54) is 0 Å². The zero-order chi connectivity index (χ0) is 16.8. The fourth-order valence-corrected chi connectivity index (χ4v) is 2.83. The summed E-state index contributed by atoms with van der Waals surface area (Å²) in [5, 5.41) is 3.28. The Bertz CT molecular complexity index is 680. The van der Waals surface area contributed by atoms with Crippen LogP contribution in [0.5, 0.6) is 0 Å². The predicted molar refractivity (Wildman–Crippen MR) is 94.6 cm³/mol. The molecule has 2 aromatic heterocycles. The molecule has 6 heteroatoms. The lowest BCUT2D eigenvalue weighted by Crippen LogP contribution is -2.41. The number of aromatic nitrogens is 1. The third kappa shape index (κ3) is 4.16. The number of nitrogens with two attached hydrogens (primary N) is 1. The molecule has 6 nitrogen and oxygen atoms in total. The van der Waals surface area contributed by atoms with E-state index in [-0.39, 0.29) is 11.8 Å². The third-order valence-electron chi connectivity index (χ3n) is 4.14. The number of anilines is 2. The largest absolute Gasteiger partial charge is 0.465 e. The first-order valence-electron chi connectivity index (χ1n) is 8.16. The number of nitrogens with zero attached hydrogens (tertiary/aromatic N) is 2. The number of nitrogens with one attached hydrogen (secondary N) is 1. The van der Waals surface area contributed by atoms with Crippen molar-refractivity contribution in [3.8, 4) is 0 Å². The van der Waals surface area contributed by atoms with Crippen molar-refractivity contribution in [3.63, 3.8) is 0 Å². The van der Waals surface area contributed by atoms with Gasteiger partial charge in [-0.25, -0.2) is 4.98 Å². The number of pyridine rings is 1. The van der Waals surface area contributed by atoms with E-state index in [0.29, 0.717) is 13.1 Å². The van der Waals surface area contributed by atoms with Crippen molar-refractivity contribution in [1.82, 2.24) is 4.98 Å². The fraction of sp³-hybridized carbons (Fsp3) is 0.333. The van der Waals surface area contributed by atoms with Gasteiger partial charge in [-0.1, -0.05) is 6.08 Å². The Morgan fingerprint density at radius 2 is 2.38 bits per heavy atom. The fourth-order valence-electron chi connectivity index (χ4n) is 2.83. The van der Waals surface area contributed by atoms with Crippen LogP contribution in [0.2, 0.25) is 0 Å². The van der Waals surface area contributed by atoms with Crippen molar-refractivity contribution in [2.75, 3.05) is 29.9 Å². The number of piperidine rings is 1. The number of carbonyl (C=O) groups excluding carboxylic acids is 1. The highest BCUT2D eigenvalue weighted by molar-refractivity contribution is 5.77. The first kappa shape index (κ1) is 16.1. The van der Waals surface area contributed by atoms with Gasteiger partial charge in [0.2, 0.25) is 5.91 Å². The van der Waals surface area contributed by atoms with Crippen LogP contribution in [0.15, 0.2) is 47.2 Å². The summed E-state index contributed by atoms with van der Waals surface area (Å²) < 4.78 is 5.23. The summed E-state index contributed by atoms with van der Waals surface area (Å²) in [4.78, 5) is 18.0. The van der Waals surface area contributed by atoms with E-state index in [2.05, 4.69) is 15.2 Å². The van der Waals surface area contributed by atoms with E-state index in [1.807, 2.05) is 42.6 Å². The molecule has 1 atom stereocenters. The van der Waals surface area contributed by atoms with Gasteiger partial charge in [-0.2, -0.15) is 0 Å². The van der Waals surface area contributed by atoms with Gasteiger partial charge in [0.05, 0.1) is 24.1 Å². The Labute approximate surface area is 141 Å². The molecule has 0 radical (unpaired) electrons. The Morgan fingerprint density at radius 1 is 1.46 bits per heavy atom. The molecule has 3 heterocycles. The van der Waals surface area contributed by atoms with Gasteiger partial charge in [-0.3, -0.25) is 4.79 Å². The molecule has 1 aliphatic heterocycles. The SMILES string of the molecule is NC(=O)[C@H]1CCCN(c2ccc(NC/C=C/c3ccco3)cn2)C1. The van der Waals surface area contributed by atoms with Crippen LogP contribution in [0.1, 0.15) is 18.6 Å². The van der Waals surface area contributed by atoms with Gasteiger partial charge in [0.1, 0.15) is 11.6 Å². The van der Waals surface area contributed by atoms with Gasteiger partial charge in [-0.15, -0.1) is 0 Å². The summed E-state index contributed by atoms with van der Waals surface area (Å²) in [6.45, 7) is 2.26. The van der Waals surface area contributed by atoms with Crippen molar-refractivity contribution in [3.05, 3.63) is 48.6 Å². The lowest BCUT2D eigenvalue weighted by atomic mass is 9.97. The van der Waals surface area contributed by atoms with E-state index in [1.54, 1.807) is 6.26 Å². The molecule has 1 fully saturated rings. The number of rotatable bonds is 6. The summed E-state index contributed by atoms with van der Waals surface area (Å²) in [5.41, 5.74) is 6.38. The van der Waals surface area contributed by atoms with Crippen molar-refractivity contribution < 1.29 is 9.21 Å². The summed E-state index contributed by atoms with van der Waals surface area (Å²) >= 11 is 0. The van der Waals surface area contributed by atoms with Gasteiger partial charge in [-0.05, 0) is 43.2 Å². The molecule has 0 saturated carbocycles. The highest BCUT2D eigenvalue weighted by Crippen LogP contribution is 2.22. The van der Waals surface area contributed by atoms with Crippen molar-refractivity contribution in [2.45, 2.75) is 12.8 Å². The van der Waals surface area contributed by atoms with Crippen LogP contribution >= 0.6 is 0 Å². The van der Waals surface area contributed by atoms with Crippen molar-refractivity contribution >= 4 is 23.5 Å². The number of furan rings is 1. The normalized spacial score (nSPS) is 18.0. The second kappa shape index (κ2) is 7.68. The number of primary amides is 1. The van der Waals surface area contributed by atoms with E-state index >= 15 is 0 Å². The summed E-state index contributed by atoms with van der Waals surface area (Å²) in [6, 6.07) is 7.74. The molecule has 3 rings (SSSR count). The van der Waals surface area contributed by atoms with Gasteiger partial charge in [0.15, 0.2) is 0 Å². The number of carbonyl (C=O) groups is 1. The maximum Gasteiger partial charge on any atom is 0.222 e. The van der Waals surface area contributed by atoms with Crippen LogP contribution in [-0.2, 0) is 4.79 Å². The molecule has 1 aliphatic rings. The maximum absolute atomic E-state index is 11.4. The van der Waals surface area contributed by atoms with Crippen molar-refractivity contribution in [1.29, 1.82) is 0 Å². The van der Waals surface area contributed by atoms with Gasteiger partial charge < -0.3 is 20.4 Å². The zero-order valence-electron chi connectivity index (χ0n) is 13.5. The average Bonchev–Trinajstić information content (AvgIpc) is 3.13. The Hall–Kier alpha value is -2.76. The molecule has 0 aromatic carbocycles. The average molecular weight is 326 g/mol. The minimum Gasteiger partial charge on any atom is -0.465 e. The summed E-state index contributed by atoms with van der Waals surface area (Å²) in [7, 11) is 0. The summed E-state index contributed by atoms with van der Waals surface area (Å²) in [5.74, 6) is 1.42. The van der Waals surface area contributed by atoms with Gasteiger partial charge in [0.25, 0.3) is 0 Å². The van der Waals surface area contributed by atoms with Crippen LogP contribution in [0, 0.1) is 5.92 Å². The third-order valence-corrected chi connectivity index (χ3v) is 4.14. The molecule has 1 amide bonds. The Morgan fingerprint density at radius 3 is 3.08 bits per heavy atom. The van der Waals surface area contributed by atoms with E-state index in [0.717, 1.165) is 36.7 Å². The number of hydrogen-bond acceptors (Lipinski definition) is 5. The highest BCUT2D eigenvalue weighted by Gasteiger charge is 2.24. The van der Waals surface area contributed by atoms with E-state index in [4.69, 9.17) is 10.2 Å². The number of amides is 1. The molecule has 3 N–H and O–H groups in total. The maximum atomic E-state index is 11.4. The molecule has 0 aliphatic carbocycles. The van der Waals surface area contributed by atoms with Crippen LogP contribution < -0.4 is 16.0 Å². The van der Waals surface area contributed by atoms with Crippen LogP contribution in [0.4, 0.5) is 11.5 Å². The topological polar surface area (TPSA) is 84.4 Å². The standard InChI is InChI=1S/C18H22N4O2/c19-18(23)14-4-2-10-22(13-14)17-8-7-15(12-21-17)20-9-1-5-16-6-3-11-24-16/h1,3,5-8,11-12,14,20H,2,4,9-10,13H2,(H2,19,23)/b5-1+/t14-/m0/s1. The molecule has 24 heavy (non-hydrogen) atoms. The molecule has 0 spiro atoms. The minimum atomic E-state index is -0.221. The van der Waals surface area contributed by atoms with E-state index in [9.17, 15) is 4.79 Å². The molecule has 126 valence electrons. The van der Waals surface area contributed by atoms with E-state index < -0.39 is 0 Å². The molecule has 0 bridgehead atoms. The predicted octanol–water partition coefficient (Wildman–Crippen LogP) is 2.50. The molecular formula is C18H22N4O2. The molecule has 2 aromatic rings. The lowest BCUT2D eigenvalue weighted by molar-refractivity contribution is -0.122. The minimum absolute atomic E-state index is 0.0786.